The van der Waals surface area contributed by atoms with Crippen LogP contribution in [-0.4, -0.2) is 16.0 Å². The van der Waals surface area contributed by atoms with Crippen molar-refractivity contribution in [3.8, 4) is 6.07 Å². The molecule has 1 rings (SSSR count). The first-order valence-corrected chi connectivity index (χ1v) is 5.17. The van der Waals surface area contributed by atoms with Gasteiger partial charge in [0, 0.05) is 12.2 Å². The normalized spacial score (nSPS) is 12.2. The summed E-state index contributed by atoms with van der Waals surface area (Å²) in [4.78, 5) is 8.16. The maximum Gasteiger partial charge on any atom is 0.224 e. The van der Waals surface area contributed by atoms with Gasteiger partial charge in [0.05, 0.1) is 0 Å². The molecule has 1 atom stereocenters. The van der Waals surface area contributed by atoms with E-state index in [-0.39, 0.29) is 0 Å². The number of aromatic nitrogens is 2. The van der Waals surface area contributed by atoms with Crippen molar-refractivity contribution in [3.05, 3.63) is 18.0 Å². The van der Waals surface area contributed by atoms with Crippen molar-refractivity contribution in [1.29, 1.82) is 5.26 Å². The molecule has 0 radical (unpaired) electrons. The van der Waals surface area contributed by atoms with Crippen LogP contribution in [0.15, 0.2) is 12.3 Å². The van der Waals surface area contributed by atoms with Crippen molar-refractivity contribution >= 4 is 5.95 Å². The van der Waals surface area contributed by atoms with Gasteiger partial charge in [0.15, 0.2) is 0 Å². The third-order valence-electron chi connectivity index (χ3n) is 2.33. The SMILES string of the molecule is CCC(Nc1nccc(C#N)n1)C(C)C. The highest BCUT2D eigenvalue weighted by Crippen LogP contribution is 2.11. The highest BCUT2D eigenvalue weighted by Gasteiger charge is 2.11. The van der Waals surface area contributed by atoms with Crippen LogP contribution >= 0.6 is 0 Å². The van der Waals surface area contributed by atoms with Gasteiger partial charge in [-0.3, -0.25) is 0 Å². The fourth-order valence-electron chi connectivity index (χ4n) is 1.40. The molecule has 4 nitrogen and oxygen atoms in total. The summed E-state index contributed by atoms with van der Waals surface area (Å²) in [7, 11) is 0. The summed E-state index contributed by atoms with van der Waals surface area (Å²) < 4.78 is 0. The second kappa shape index (κ2) is 5.30. The Bertz CT molecular complexity index is 354. The molecule has 0 aliphatic heterocycles. The molecule has 0 aliphatic rings. The number of hydrogen-bond acceptors (Lipinski definition) is 4. The standard InChI is InChI=1S/C11H16N4/c1-4-10(8(2)3)15-11-13-6-5-9(7-12)14-11/h5-6,8,10H,4H2,1-3H3,(H,13,14,15). The third-order valence-corrected chi connectivity index (χ3v) is 2.33. The maximum absolute atomic E-state index is 8.69. The van der Waals surface area contributed by atoms with Crippen LogP contribution in [0.5, 0.6) is 0 Å². The molecule has 0 saturated heterocycles. The summed E-state index contributed by atoms with van der Waals surface area (Å²) in [5.74, 6) is 1.05. The zero-order chi connectivity index (χ0) is 11.3. The van der Waals surface area contributed by atoms with E-state index in [1.54, 1.807) is 12.3 Å². The molecule has 1 aromatic heterocycles. The molecule has 15 heavy (non-hydrogen) atoms. The number of hydrogen-bond donors (Lipinski definition) is 1. The van der Waals surface area contributed by atoms with E-state index in [1.165, 1.54) is 0 Å². The van der Waals surface area contributed by atoms with E-state index < -0.39 is 0 Å². The Hall–Kier alpha value is -1.63. The number of nitriles is 1. The molecule has 1 unspecified atom stereocenters. The zero-order valence-electron chi connectivity index (χ0n) is 9.36. The van der Waals surface area contributed by atoms with Crippen LogP contribution in [0.3, 0.4) is 0 Å². The fraction of sp³-hybridized carbons (Fsp3) is 0.545. The van der Waals surface area contributed by atoms with Crippen molar-refractivity contribution in [2.45, 2.75) is 33.2 Å². The van der Waals surface area contributed by atoms with E-state index in [0.717, 1.165) is 6.42 Å². The molecular weight excluding hydrogens is 188 g/mol. The van der Waals surface area contributed by atoms with Crippen molar-refractivity contribution in [3.63, 3.8) is 0 Å². The van der Waals surface area contributed by atoms with Crippen LogP contribution in [0.2, 0.25) is 0 Å². The topological polar surface area (TPSA) is 61.6 Å². The van der Waals surface area contributed by atoms with Crippen molar-refractivity contribution in [2.24, 2.45) is 5.92 Å². The van der Waals surface area contributed by atoms with E-state index in [2.05, 4.69) is 36.1 Å². The van der Waals surface area contributed by atoms with E-state index in [4.69, 9.17) is 5.26 Å². The van der Waals surface area contributed by atoms with E-state index in [1.807, 2.05) is 6.07 Å². The Kier molecular flexibility index (Phi) is 4.04. The molecule has 80 valence electrons. The molecule has 0 saturated carbocycles. The minimum atomic E-state index is 0.346. The Morgan fingerprint density at radius 1 is 1.53 bits per heavy atom. The van der Waals surface area contributed by atoms with Gasteiger partial charge in [-0.2, -0.15) is 5.26 Å². The van der Waals surface area contributed by atoms with Crippen LogP contribution < -0.4 is 5.32 Å². The van der Waals surface area contributed by atoms with Crippen LogP contribution in [-0.2, 0) is 0 Å². The molecule has 0 fully saturated rings. The molecule has 0 amide bonds. The predicted octanol–water partition coefficient (Wildman–Crippen LogP) is 2.19. The van der Waals surface area contributed by atoms with Gasteiger partial charge >= 0.3 is 0 Å². The largest absolute Gasteiger partial charge is 0.351 e. The highest BCUT2D eigenvalue weighted by molar-refractivity contribution is 5.31. The smallest absolute Gasteiger partial charge is 0.224 e. The van der Waals surface area contributed by atoms with Gasteiger partial charge in [0.25, 0.3) is 0 Å². The Labute approximate surface area is 90.4 Å². The van der Waals surface area contributed by atoms with Crippen LogP contribution in [0.4, 0.5) is 5.95 Å². The van der Waals surface area contributed by atoms with E-state index >= 15 is 0 Å². The first kappa shape index (κ1) is 11.4. The average Bonchev–Trinajstić information content (AvgIpc) is 2.25. The molecule has 0 aliphatic carbocycles. The van der Waals surface area contributed by atoms with Crippen molar-refractivity contribution in [2.75, 3.05) is 5.32 Å². The van der Waals surface area contributed by atoms with Gasteiger partial charge in [-0.25, -0.2) is 9.97 Å². The number of nitrogens with one attached hydrogen (secondary N) is 1. The second-order valence-electron chi connectivity index (χ2n) is 3.78. The lowest BCUT2D eigenvalue weighted by atomic mass is 10.0. The van der Waals surface area contributed by atoms with Crippen LogP contribution in [0, 0.1) is 17.2 Å². The fourth-order valence-corrected chi connectivity index (χ4v) is 1.40. The predicted molar refractivity (Wildman–Crippen MR) is 59.3 cm³/mol. The van der Waals surface area contributed by atoms with Gasteiger partial charge in [0.2, 0.25) is 5.95 Å². The van der Waals surface area contributed by atoms with Gasteiger partial charge in [-0.15, -0.1) is 0 Å². The van der Waals surface area contributed by atoms with Crippen LogP contribution in [0.25, 0.3) is 0 Å². The minimum absolute atomic E-state index is 0.346. The lowest BCUT2D eigenvalue weighted by Gasteiger charge is -2.20. The molecule has 0 bridgehead atoms. The zero-order valence-corrected chi connectivity index (χ0v) is 9.36. The quantitative estimate of drug-likeness (QED) is 0.816. The number of rotatable bonds is 4. The summed E-state index contributed by atoms with van der Waals surface area (Å²) in [5, 5.41) is 11.9. The second-order valence-corrected chi connectivity index (χ2v) is 3.78. The van der Waals surface area contributed by atoms with Gasteiger partial charge < -0.3 is 5.32 Å². The average molecular weight is 204 g/mol. The molecule has 4 heteroatoms. The number of nitrogens with zero attached hydrogens (tertiary/aromatic N) is 3. The van der Waals surface area contributed by atoms with Gasteiger partial charge in [-0.05, 0) is 18.4 Å². The molecule has 1 heterocycles. The van der Waals surface area contributed by atoms with Crippen molar-refractivity contribution in [1.82, 2.24) is 9.97 Å². The summed E-state index contributed by atoms with van der Waals surface area (Å²) in [5.41, 5.74) is 0.395. The van der Waals surface area contributed by atoms with E-state index in [0.29, 0.717) is 23.6 Å². The Morgan fingerprint density at radius 3 is 2.80 bits per heavy atom. The third kappa shape index (κ3) is 3.21. The first-order valence-electron chi connectivity index (χ1n) is 5.17. The lowest BCUT2D eigenvalue weighted by Crippen LogP contribution is -2.25. The summed E-state index contributed by atoms with van der Waals surface area (Å²) in [6.07, 6.45) is 2.61. The van der Waals surface area contributed by atoms with E-state index in [9.17, 15) is 0 Å². The van der Waals surface area contributed by atoms with Crippen molar-refractivity contribution < 1.29 is 0 Å². The lowest BCUT2D eigenvalue weighted by molar-refractivity contribution is 0.508. The molecular formula is C11H16N4. The Morgan fingerprint density at radius 2 is 2.27 bits per heavy atom. The van der Waals surface area contributed by atoms with Gasteiger partial charge in [0.1, 0.15) is 11.8 Å². The minimum Gasteiger partial charge on any atom is -0.351 e. The summed E-state index contributed by atoms with van der Waals surface area (Å²) in [6.45, 7) is 6.41. The number of anilines is 1. The molecule has 0 aromatic carbocycles. The molecule has 1 N–H and O–H groups in total. The summed E-state index contributed by atoms with van der Waals surface area (Å²) in [6, 6.07) is 3.94. The highest BCUT2D eigenvalue weighted by atomic mass is 15.1. The summed E-state index contributed by atoms with van der Waals surface area (Å²) >= 11 is 0. The molecule has 1 aromatic rings. The Balaban J connectivity index is 2.75. The van der Waals surface area contributed by atoms with Crippen LogP contribution in [0.1, 0.15) is 32.9 Å². The maximum atomic E-state index is 8.69. The monoisotopic (exact) mass is 204 g/mol. The first-order chi connectivity index (χ1) is 7.17. The van der Waals surface area contributed by atoms with Gasteiger partial charge in [-0.1, -0.05) is 20.8 Å². The molecule has 0 spiro atoms.